The first kappa shape index (κ1) is 16.7. The topological polar surface area (TPSA) is 38.0 Å². The van der Waals surface area contributed by atoms with Crippen LogP contribution in [0.5, 0.6) is 0 Å². The molecule has 0 bridgehead atoms. The fraction of sp³-hybridized carbons (Fsp3) is 0.438. The summed E-state index contributed by atoms with van der Waals surface area (Å²) in [6, 6.07) is 5.93. The summed E-state index contributed by atoms with van der Waals surface area (Å²) >= 11 is 7.15. The fourth-order valence-corrected chi connectivity index (χ4v) is 3.60. The summed E-state index contributed by atoms with van der Waals surface area (Å²) in [5, 5.41) is 15.2. The first-order valence-corrected chi connectivity index (χ1v) is 8.75. The number of aromatic nitrogens is 2. The van der Waals surface area contributed by atoms with Crippen LogP contribution in [-0.2, 0) is 19.4 Å². The van der Waals surface area contributed by atoms with Gasteiger partial charge in [0.25, 0.3) is 0 Å². The molecular formula is C16H20Br2N2O. The van der Waals surface area contributed by atoms with Gasteiger partial charge in [0.05, 0.1) is 22.0 Å². The van der Waals surface area contributed by atoms with Gasteiger partial charge >= 0.3 is 0 Å². The zero-order valence-electron chi connectivity index (χ0n) is 12.5. The molecule has 0 spiro atoms. The quantitative estimate of drug-likeness (QED) is 0.776. The number of aryl methyl sites for hydroxylation is 2. The molecule has 1 aromatic carbocycles. The predicted molar refractivity (Wildman–Crippen MR) is 92.5 cm³/mol. The van der Waals surface area contributed by atoms with Crippen molar-refractivity contribution in [2.45, 2.75) is 46.3 Å². The molecule has 0 aliphatic rings. The molecule has 0 saturated heterocycles. The molecule has 1 heterocycles. The summed E-state index contributed by atoms with van der Waals surface area (Å²) in [5.74, 6) is 0. The Balaban J connectivity index is 2.33. The van der Waals surface area contributed by atoms with Crippen LogP contribution in [0.25, 0.3) is 0 Å². The lowest BCUT2D eigenvalue weighted by atomic mass is 10.00. The zero-order valence-corrected chi connectivity index (χ0v) is 15.7. The van der Waals surface area contributed by atoms with Crippen molar-refractivity contribution in [2.24, 2.45) is 0 Å². The van der Waals surface area contributed by atoms with Gasteiger partial charge in [0.1, 0.15) is 0 Å². The van der Waals surface area contributed by atoms with Gasteiger partial charge in [-0.2, -0.15) is 5.10 Å². The van der Waals surface area contributed by atoms with E-state index in [9.17, 15) is 5.11 Å². The van der Waals surface area contributed by atoms with E-state index in [-0.39, 0.29) is 0 Å². The van der Waals surface area contributed by atoms with Crippen LogP contribution in [0, 0.1) is 6.92 Å². The van der Waals surface area contributed by atoms with E-state index in [0.717, 1.165) is 44.4 Å². The van der Waals surface area contributed by atoms with Gasteiger partial charge < -0.3 is 5.11 Å². The van der Waals surface area contributed by atoms with Crippen LogP contribution in [0.3, 0.4) is 0 Å². The van der Waals surface area contributed by atoms with Crippen LogP contribution in [0.1, 0.15) is 42.5 Å². The molecule has 0 radical (unpaired) electrons. The first-order valence-electron chi connectivity index (χ1n) is 7.16. The lowest BCUT2D eigenvalue weighted by Crippen LogP contribution is -2.10. The lowest BCUT2D eigenvalue weighted by Gasteiger charge is -2.16. The number of benzene rings is 1. The molecule has 1 unspecified atom stereocenters. The van der Waals surface area contributed by atoms with Crippen LogP contribution in [0.15, 0.2) is 27.1 Å². The average Bonchev–Trinajstić information content (AvgIpc) is 2.78. The van der Waals surface area contributed by atoms with Crippen molar-refractivity contribution in [1.82, 2.24) is 9.78 Å². The predicted octanol–water partition coefficient (Wildman–Crippen LogP) is 4.57. The molecule has 1 aromatic heterocycles. The number of rotatable bonds is 5. The number of halogens is 2. The molecule has 2 aromatic rings. The summed E-state index contributed by atoms with van der Waals surface area (Å²) in [6.07, 6.45) is 0.899. The number of hydrogen-bond acceptors (Lipinski definition) is 2. The Morgan fingerprint density at radius 2 is 2.00 bits per heavy atom. The lowest BCUT2D eigenvalue weighted by molar-refractivity contribution is 0.174. The van der Waals surface area contributed by atoms with Crippen molar-refractivity contribution < 1.29 is 5.11 Å². The van der Waals surface area contributed by atoms with Gasteiger partial charge in [-0.1, -0.05) is 35.0 Å². The highest BCUT2D eigenvalue weighted by Crippen LogP contribution is 2.30. The monoisotopic (exact) mass is 414 g/mol. The normalized spacial score (nSPS) is 12.7. The Bertz CT molecular complexity index is 637. The van der Waals surface area contributed by atoms with Gasteiger partial charge in [-0.25, -0.2) is 0 Å². The Labute approximate surface area is 142 Å². The Hall–Kier alpha value is -0.650. The Morgan fingerprint density at radius 3 is 2.62 bits per heavy atom. The van der Waals surface area contributed by atoms with Crippen molar-refractivity contribution in [1.29, 1.82) is 0 Å². The minimum absolute atomic E-state index is 0.537. The van der Waals surface area contributed by atoms with E-state index >= 15 is 0 Å². The van der Waals surface area contributed by atoms with Gasteiger partial charge in [-0.05, 0) is 53.4 Å². The molecule has 0 saturated carbocycles. The molecule has 1 atom stereocenters. The maximum Gasteiger partial charge on any atom is 0.0848 e. The van der Waals surface area contributed by atoms with Crippen LogP contribution in [0.2, 0.25) is 0 Å². The second-order valence-corrected chi connectivity index (χ2v) is 6.70. The third-order valence-electron chi connectivity index (χ3n) is 3.75. The van der Waals surface area contributed by atoms with E-state index in [1.165, 1.54) is 0 Å². The average molecular weight is 416 g/mol. The van der Waals surface area contributed by atoms with Gasteiger partial charge in [0.15, 0.2) is 0 Å². The van der Waals surface area contributed by atoms with E-state index in [1.807, 2.05) is 29.8 Å². The van der Waals surface area contributed by atoms with Gasteiger partial charge in [0, 0.05) is 17.4 Å². The summed E-state index contributed by atoms with van der Waals surface area (Å²) in [4.78, 5) is 0. The van der Waals surface area contributed by atoms with E-state index in [1.54, 1.807) is 0 Å². The van der Waals surface area contributed by atoms with E-state index in [2.05, 4.69) is 50.8 Å². The Kier molecular flexibility index (Phi) is 5.63. The third kappa shape index (κ3) is 3.41. The maximum absolute atomic E-state index is 10.6. The summed E-state index contributed by atoms with van der Waals surface area (Å²) in [5.41, 5.74) is 4.14. The van der Waals surface area contributed by atoms with Crippen molar-refractivity contribution in [3.05, 3.63) is 49.7 Å². The molecule has 5 heteroatoms. The highest BCUT2D eigenvalue weighted by Gasteiger charge is 2.19. The molecule has 3 nitrogen and oxygen atoms in total. The highest BCUT2D eigenvalue weighted by molar-refractivity contribution is 9.10. The van der Waals surface area contributed by atoms with E-state index in [0.29, 0.717) is 6.42 Å². The minimum atomic E-state index is -0.537. The molecule has 2 rings (SSSR count). The van der Waals surface area contributed by atoms with Crippen LogP contribution < -0.4 is 0 Å². The third-order valence-corrected chi connectivity index (χ3v) is 5.52. The second-order valence-electron chi connectivity index (χ2n) is 5.05. The standard InChI is InChI=1S/C16H20Br2N2O/c1-4-13-16(18)14(20(5-2)19-13)9-15(21)11-7-6-8-12(17)10(11)3/h6-8,15,21H,4-5,9H2,1-3H3. The SMILES string of the molecule is CCc1nn(CC)c(CC(O)c2cccc(Br)c2C)c1Br. The highest BCUT2D eigenvalue weighted by atomic mass is 79.9. The van der Waals surface area contributed by atoms with E-state index in [4.69, 9.17) is 0 Å². The minimum Gasteiger partial charge on any atom is -0.388 e. The van der Waals surface area contributed by atoms with Crippen molar-refractivity contribution >= 4 is 31.9 Å². The summed E-state index contributed by atoms with van der Waals surface area (Å²) in [6.45, 7) is 6.98. The largest absolute Gasteiger partial charge is 0.388 e. The molecular weight excluding hydrogens is 396 g/mol. The molecule has 0 aliphatic heterocycles. The Morgan fingerprint density at radius 1 is 1.29 bits per heavy atom. The van der Waals surface area contributed by atoms with E-state index < -0.39 is 6.10 Å². The van der Waals surface area contributed by atoms with Crippen LogP contribution in [-0.4, -0.2) is 14.9 Å². The number of aliphatic hydroxyl groups excluding tert-OH is 1. The van der Waals surface area contributed by atoms with Crippen molar-refractivity contribution in [3.8, 4) is 0 Å². The second kappa shape index (κ2) is 7.07. The number of hydrogen-bond donors (Lipinski definition) is 1. The maximum atomic E-state index is 10.6. The van der Waals surface area contributed by atoms with Crippen LogP contribution >= 0.6 is 31.9 Å². The van der Waals surface area contributed by atoms with Crippen molar-refractivity contribution in [3.63, 3.8) is 0 Å². The van der Waals surface area contributed by atoms with Gasteiger partial charge in [0.2, 0.25) is 0 Å². The van der Waals surface area contributed by atoms with Gasteiger partial charge in [-0.15, -0.1) is 0 Å². The zero-order chi connectivity index (χ0) is 15.6. The van der Waals surface area contributed by atoms with Crippen LogP contribution in [0.4, 0.5) is 0 Å². The molecule has 0 amide bonds. The molecule has 0 fully saturated rings. The molecule has 0 aliphatic carbocycles. The summed E-state index contributed by atoms with van der Waals surface area (Å²) in [7, 11) is 0. The van der Waals surface area contributed by atoms with Gasteiger partial charge in [-0.3, -0.25) is 4.68 Å². The first-order chi connectivity index (χ1) is 9.99. The molecule has 114 valence electrons. The van der Waals surface area contributed by atoms with Crippen molar-refractivity contribution in [2.75, 3.05) is 0 Å². The summed E-state index contributed by atoms with van der Waals surface area (Å²) < 4.78 is 4.02. The number of aliphatic hydroxyl groups is 1. The fourth-order valence-electron chi connectivity index (χ4n) is 2.49. The number of nitrogens with zero attached hydrogens (tertiary/aromatic N) is 2. The smallest absolute Gasteiger partial charge is 0.0848 e. The molecule has 21 heavy (non-hydrogen) atoms. The molecule has 1 N–H and O–H groups in total.